The van der Waals surface area contributed by atoms with Crippen molar-refractivity contribution < 1.29 is 4.42 Å². The van der Waals surface area contributed by atoms with Crippen LogP contribution in [-0.4, -0.2) is 10.8 Å². The number of aryl methyl sites for hydroxylation is 2. The second-order valence-corrected chi connectivity index (χ2v) is 4.76. The quantitative estimate of drug-likeness (QED) is 0.646. The van der Waals surface area contributed by atoms with Crippen molar-refractivity contribution >= 4 is 17.6 Å². The van der Waals surface area contributed by atoms with Gasteiger partial charge in [-0.15, -0.1) is 0 Å². The van der Waals surface area contributed by atoms with Gasteiger partial charge in [-0.3, -0.25) is 5.41 Å². The molecule has 0 atom stereocenters. The van der Waals surface area contributed by atoms with Crippen molar-refractivity contribution in [3.63, 3.8) is 0 Å². The SMILES string of the molecule is Cc1ccc(Sc2nc(C)co2)c(C(=N)N)c1. The van der Waals surface area contributed by atoms with Gasteiger partial charge < -0.3 is 10.2 Å². The topological polar surface area (TPSA) is 75.9 Å². The van der Waals surface area contributed by atoms with E-state index >= 15 is 0 Å². The molecule has 3 N–H and O–H groups in total. The maximum Gasteiger partial charge on any atom is 0.260 e. The summed E-state index contributed by atoms with van der Waals surface area (Å²) in [7, 11) is 0. The standard InChI is InChI=1S/C12H13N3OS/c1-7-3-4-10(9(5-7)11(13)14)17-12-15-8(2)6-16-12/h3-6H,1-2H3,(H3,13,14). The number of oxazole rings is 1. The summed E-state index contributed by atoms with van der Waals surface area (Å²) in [5.74, 6) is 0.0551. The predicted molar refractivity (Wildman–Crippen MR) is 67.6 cm³/mol. The Morgan fingerprint density at radius 3 is 2.76 bits per heavy atom. The molecular weight excluding hydrogens is 234 g/mol. The van der Waals surface area contributed by atoms with E-state index in [9.17, 15) is 0 Å². The zero-order valence-electron chi connectivity index (χ0n) is 9.65. The summed E-state index contributed by atoms with van der Waals surface area (Å²) >= 11 is 1.37. The first-order valence-electron chi connectivity index (χ1n) is 5.11. The van der Waals surface area contributed by atoms with Crippen molar-refractivity contribution in [2.24, 2.45) is 5.73 Å². The molecule has 0 aliphatic heterocycles. The Hall–Kier alpha value is -1.75. The van der Waals surface area contributed by atoms with E-state index in [1.54, 1.807) is 6.26 Å². The fourth-order valence-corrected chi connectivity index (χ4v) is 2.31. The molecule has 0 spiro atoms. The second kappa shape index (κ2) is 4.63. The summed E-state index contributed by atoms with van der Waals surface area (Å²) in [6.07, 6.45) is 1.60. The van der Waals surface area contributed by atoms with E-state index in [-0.39, 0.29) is 5.84 Å². The highest BCUT2D eigenvalue weighted by Gasteiger charge is 2.10. The molecule has 0 aliphatic rings. The van der Waals surface area contributed by atoms with E-state index in [0.29, 0.717) is 10.8 Å². The van der Waals surface area contributed by atoms with Gasteiger partial charge in [-0.2, -0.15) is 0 Å². The molecule has 4 nitrogen and oxygen atoms in total. The average Bonchev–Trinajstić information content (AvgIpc) is 2.66. The van der Waals surface area contributed by atoms with Crippen molar-refractivity contribution in [3.05, 3.63) is 41.3 Å². The van der Waals surface area contributed by atoms with Crippen LogP contribution in [0.4, 0.5) is 0 Å². The Balaban J connectivity index is 2.35. The molecule has 0 fully saturated rings. The van der Waals surface area contributed by atoms with E-state index in [1.165, 1.54) is 11.8 Å². The normalized spacial score (nSPS) is 10.5. The van der Waals surface area contributed by atoms with Gasteiger partial charge in [0, 0.05) is 10.5 Å². The molecule has 0 unspecified atom stereocenters. The molecule has 0 bridgehead atoms. The fourth-order valence-electron chi connectivity index (χ4n) is 1.42. The van der Waals surface area contributed by atoms with Crippen LogP contribution in [0.15, 0.2) is 39.0 Å². The van der Waals surface area contributed by atoms with Crippen LogP contribution in [0.5, 0.6) is 0 Å². The monoisotopic (exact) mass is 247 g/mol. The third-order valence-electron chi connectivity index (χ3n) is 2.22. The highest BCUT2D eigenvalue weighted by atomic mass is 32.2. The number of nitrogens with zero attached hydrogens (tertiary/aromatic N) is 1. The molecule has 0 amide bonds. The number of amidine groups is 1. The van der Waals surface area contributed by atoms with Crippen LogP contribution in [0.3, 0.4) is 0 Å². The molecule has 2 aromatic rings. The molecule has 0 radical (unpaired) electrons. The lowest BCUT2D eigenvalue weighted by Crippen LogP contribution is -2.12. The van der Waals surface area contributed by atoms with Crippen LogP contribution in [0, 0.1) is 19.3 Å². The summed E-state index contributed by atoms with van der Waals surface area (Å²) in [5, 5.41) is 8.12. The Labute approximate surface area is 104 Å². The Kier molecular flexibility index (Phi) is 3.19. The maximum absolute atomic E-state index is 7.56. The number of nitrogen functional groups attached to an aromatic ring is 1. The number of nitrogens with two attached hydrogens (primary N) is 1. The summed E-state index contributed by atoms with van der Waals surface area (Å²) in [5.41, 5.74) is 8.18. The van der Waals surface area contributed by atoms with Gasteiger partial charge in [-0.25, -0.2) is 4.98 Å². The van der Waals surface area contributed by atoms with E-state index < -0.39 is 0 Å². The summed E-state index contributed by atoms with van der Waals surface area (Å²) < 4.78 is 5.27. The van der Waals surface area contributed by atoms with Crippen molar-refractivity contribution in [1.82, 2.24) is 4.98 Å². The van der Waals surface area contributed by atoms with Gasteiger partial charge in [0.1, 0.15) is 12.1 Å². The van der Waals surface area contributed by atoms with Crippen LogP contribution in [0.2, 0.25) is 0 Å². The van der Waals surface area contributed by atoms with Gasteiger partial charge in [0.25, 0.3) is 5.22 Å². The number of benzene rings is 1. The van der Waals surface area contributed by atoms with Crippen LogP contribution in [0.1, 0.15) is 16.8 Å². The smallest absolute Gasteiger partial charge is 0.260 e. The van der Waals surface area contributed by atoms with Gasteiger partial charge in [-0.05, 0) is 37.7 Å². The van der Waals surface area contributed by atoms with Crippen molar-refractivity contribution in [2.75, 3.05) is 0 Å². The van der Waals surface area contributed by atoms with Crippen molar-refractivity contribution in [1.29, 1.82) is 5.41 Å². The molecule has 0 saturated carbocycles. The summed E-state index contributed by atoms with van der Waals surface area (Å²) in [6.45, 7) is 3.84. The molecule has 1 aromatic carbocycles. The molecule has 17 heavy (non-hydrogen) atoms. The lowest BCUT2D eigenvalue weighted by atomic mass is 10.1. The lowest BCUT2D eigenvalue weighted by molar-refractivity contribution is 0.454. The van der Waals surface area contributed by atoms with Crippen molar-refractivity contribution in [2.45, 2.75) is 24.0 Å². The minimum absolute atomic E-state index is 0.0551. The third-order valence-corrected chi connectivity index (χ3v) is 3.16. The Morgan fingerprint density at radius 1 is 1.41 bits per heavy atom. The lowest BCUT2D eigenvalue weighted by Gasteiger charge is -2.06. The second-order valence-electron chi connectivity index (χ2n) is 3.77. The number of nitrogens with one attached hydrogen (secondary N) is 1. The summed E-state index contributed by atoms with van der Waals surface area (Å²) in [4.78, 5) is 5.09. The average molecular weight is 247 g/mol. The zero-order valence-corrected chi connectivity index (χ0v) is 10.5. The van der Waals surface area contributed by atoms with Gasteiger partial charge >= 0.3 is 0 Å². The number of aromatic nitrogens is 1. The highest BCUT2D eigenvalue weighted by molar-refractivity contribution is 7.99. The van der Waals surface area contributed by atoms with E-state index in [4.69, 9.17) is 15.6 Å². The first-order chi connectivity index (χ1) is 8.06. The fraction of sp³-hybridized carbons (Fsp3) is 0.167. The highest BCUT2D eigenvalue weighted by Crippen LogP contribution is 2.30. The van der Waals surface area contributed by atoms with E-state index in [1.807, 2.05) is 32.0 Å². The van der Waals surface area contributed by atoms with Crippen molar-refractivity contribution in [3.8, 4) is 0 Å². The third kappa shape index (κ3) is 2.68. The zero-order chi connectivity index (χ0) is 12.4. The number of rotatable bonds is 3. The molecule has 0 aliphatic carbocycles. The van der Waals surface area contributed by atoms with E-state index in [0.717, 1.165) is 16.2 Å². The molecule has 88 valence electrons. The largest absolute Gasteiger partial charge is 0.439 e. The van der Waals surface area contributed by atoms with Gasteiger partial charge in [0.15, 0.2) is 0 Å². The molecule has 0 saturated heterocycles. The molecule has 2 rings (SSSR count). The molecule has 1 aromatic heterocycles. The molecule has 1 heterocycles. The number of hydrogen-bond donors (Lipinski definition) is 2. The van der Waals surface area contributed by atoms with Crippen LogP contribution < -0.4 is 5.73 Å². The van der Waals surface area contributed by atoms with Gasteiger partial charge in [0.05, 0.1) is 5.69 Å². The van der Waals surface area contributed by atoms with E-state index in [2.05, 4.69) is 4.98 Å². The maximum atomic E-state index is 7.56. The Bertz CT molecular complexity index is 563. The minimum atomic E-state index is 0.0551. The van der Waals surface area contributed by atoms with Gasteiger partial charge in [0.2, 0.25) is 0 Å². The van der Waals surface area contributed by atoms with Crippen LogP contribution in [-0.2, 0) is 0 Å². The van der Waals surface area contributed by atoms with Crippen LogP contribution >= 0.6 is 11.8 Å². The Morgan fingerprint density at radius 2 is 2.18 bits per heavy atom. The first-order valence-corrected chi connectivity index (χ1v) is 5.93. The molecular formula is C12H13N3OS. The molecule has 5 heteroatoms. The van der Waals surface area contributed by atoms with Crippen LogP contribution in [0.25, 0.3) is 0 Å². The summed E-state index contributed by atoms with van der Waals surface area (Å²) in [6, 6.07) is 5.79. The van der Waals surface area contributed by atoms with Gasteiger partial charge in [-0.1, -0.05) is 11.6 Å². The first kappa shape index (κ1) is 11.7. The minimum Gasteiger partial charge on any atom is -0.439 e. The predicted octanol–water partition coefficient (Wildman–Crippen LogP) is 2.73. The number of hydrogen-bond acceptors (Lipinski definition) is 4.